The number of Topliss-reactive ketones (excluding diaryl/α,β-unsaturated/α-hetero) is 3. The minimum absolute atomic E-state index is 0.0402. The maximum Gasteiger partial charge on any atom is 0.229 e. The smallest absolute Gasteiger partial charge is 0.229 e. The Hall–Kier alpha value is -2.55. The maximum atomic E-state index is 13.6. The van der Waals surface area contributed by atoms with Gasteiger partial charge in [0, 0.05) is 28.9 Å². The lowest BCUT2D eigenvalue weighted by atomic mass is 9.75. The highest BCUT2D eigenvalue weighted by molar-refractivity contribution is 6.55. The van der Waals surface area contributed by atoms with E-state index in [9.17, 15) is 14.4 Å². The topological polar surface area (TPSA) is 51.2 Å². The molecule has 1 aromatic rings. The highest BCUT2D eigenvalue weighted by Crippen LogP contribution is 2.41. The fourth-order valence-corrected chi connectivity index (χ4v) is 5.98. The quantitative estimate of drug-likeness (QED) is 0.278. The zero-order chi connectivity index (χ0) is 26.1. The Morgan fingerprint density at radius 2 is 1.69 bits per heavy atom. The first-order chi connectivity index (χ1) is 17.1. The van der Waals surface area contributed by atoms with E-state index in [-0.39, 0.29) is 35.2 Å². The summed E-state index contributed by atoms with van der Waals surface area (Å²) < 4.78 is 0. The molecule has 0 spiro atoms. The first-order valence-electron chi connectivity index (χ1n) is 13.9. The van der Waals surface area contributed by atoms with Crippen molar-refractivity contribution in [3.8, 4) is 0 Å². The van der Waals surface area contributed by atoms with Crippen LogP contribution in [0.25, 0.3) is 5.57 Å². The van der Waals surface area contributed by atoms with E-state index in [4.69, 9.17) is 0 Å². The summed E-state index contributed by atoms with van der Waals surface area (Å²) in [5, 5.41) is 0. The van der Waals surface area contributed by atoms with Crippen molar-refractivity contribution >= 4 is 22.9 Å². The van der Waals surface area contributed by atoms with Crippen LogP contribution in [0, 0.1) is 36.5 Å². The van der Waals surface area contributed by atoms with Gasteiger partial charge >= 0.3 is 0 Å². The average Bonchev–Trinajstić information content (AvgIpc) is 3.18. The number of carbonyl (C=O) groups is 3. The first-order valence-corrected chi connectivity index (χ1v) is 13.9. The van der Waals surface area contributed by atoms with Crippen molar-refractivity contribution in [1.82, 2.24) is 0 Å². The third-order valence-electron chi connectivity index (χ3n) is 8.87. The predicted molar refractivity (Wildman–Crippen MR) is 147 cm³/mol. The Balaban J connectivity index is 1.47. The molecule has 3 aliphatic rings. The molecule has 3 unspecified atom stereocenters. The molecule has 0 heterocycles. The second-order valence-electron chi connectivity index (χ2n) is 12.0. The number of benzene rings is 1. The van der Waals surface area contributed by atoms with Crippen molar-refractivity contribution in [2.75, 3.05) is 0 Å². The molecule has 0 N–H and O–H groups in total. The summed E-state index contributed by atoms with van der Waals surface area (Å²) in [6, 6.07) is 3.98. The number of allylic oxidation sites excluding steroid dienone is 6. The molecule has 0 bridgehead atoms. The summed E-state index contributed by atoms with van der Waals surface area (Å²) in [5.41, 5.74) is 5.46. The molecule has 1 fully saturated rings. The van der Waals surface area contributed by atoms with Gasteiger partial charge in [0.2, 0.25) is 11.6 Å². The van der Waals surface area contributed by atoms with Gasteiger partial charge in [0.15, 0.2) is 5.78 Å². The van der Waals surface area contributed by atoms with Crippen molar-refractivity contribution in [1.29, 1.82) is 0 Å². The van der Waals surface area contributed by atoms with Gasteiger partial charge in [0.05, 0.1) is 0 Å². The molecule has 36 heavy (non-hydrogen) atoms. The van der Waals surface area contributed by atoms with Crippen molar-refractivity contribution in [3.05, 3.63) is 64.3 Å². The van der Waals surface area contributed by atoms with Gasteiger partial charge in [-0.2, -0.15) is 0 Å². The number of hydrogen-bond acceptors (Lipinski definition) is 3. The monoisotopic (exact) mass is 486 g/mol. The van der Waals surface area contributed by atoms with Crippen LogP contribution in [-0.2, 0) is 9.59 Å². The Morgan fingerprint density at radius 1 is 1.00 bits per heavy atom. The van der Waals surface area contributed by atoms with Crippen LogP contribution in [0.3, 0.4) is 0 Å². The molecule has 0 aliphatic heterocycles. The van der Waals surface area contributed by atoms with Gasteiger partial charge in [-0.3, -0.25) is 14.4 Å². The number of carbonyl (C=O) groups excluding carboxylic acids is 3. The Morgan fingerprint density at radius 3 is 2.31 bits per heavy atom. The van der Waals surface area contributed by atoms with Crippen LogP contribution >= 0.6 is 0 Å². The molecule has 3 aliphatic carbocycles. The predicted octanol–water partition coefficient (Wildman–Crippen LogP) is 7.83. The average molecular weight is 487 g/mol. The SMILES string of the molecule is Cc1cc2c(cc1C(=O)C1CCC(CC3=CCC(C)C=C3)CC1)C(C(=O)C(=O)C(C)C(C)C)=CC2C. The molecule has 1 saturated carbocycles. The van der Waals surface area contributed by atoms with Crippen LogP contribution in [0.5, 0.6) is 0 Å². The van der Waals surface area contributed by atoms with Crippen molar-refractivity contribution < 1.29 is 14.4 Å². The molecule has 0 radical (unpaired) electrons. The van der Waals surface area contributed by atoms with Crippen LogP contribution in [0.15, 0.2) is 42.0 Å². The minimum atomic E-state index is -0.412. The molecular formula is C33H42O3. The molecule has 4 rings (SSSR count). The van der Waals surface area contributed by atoms with E-state index in [0.29, 0.717) is 17.4 Å². The van der Waals surface area contributed by atoms with Crippen LogP contribution in [0.1, 0.15) is 106 Å². The lowest BCUT2D eigenvalue weighted by Crippen LogP contribution is -2.26. The van der Waals surface area contributed by atoms with Crippen molar-refractivity contribution in [2.45, 2.75) is 86.0 Å². The number of fused-ring (bicyclic) bond motifs is 1. The van der Waals surface area contributed by atoms with Gasteiger partial charge in [-0.15, -0.1) is 0 Å². The molecule has 192 valence electrons. The van der Waals surface area contributed by atoms with Crippen LogP contribution in [0.4, 0.5) is 0 Å². The van der Waals surface area contributed by atoms with E-state index in [0.717, 1.165) is 60.8 Å². The second kappa shape index (κ2) is 10.8. The third-order valence-corrected chi connectivity index (χ3v) is 8.87. The van der Waals surface area contributed by atoms with Crippen LogP contribution in [-0.4, -0.2) is 17.3 Å². The van der Waals surface area contributed by atoms with Gasteiger partial charge in [-0.25, -0.2) is 0 Å². The van der Waals surface area contributed by atoms with E-state index in [2.05, 4.69) is 38.1 Å². The van der Waals surface area contributed by atoms with Crippen LogP contribution in [0.2, 0.25) is 0 Å². The second-order valence-corrected chi connectivity index (χ2v) is 12.0. The zero-order valence-electron chi connectivity index (χ0n) is 22.9. The molecule has 0 saturated heterocycles. The molecule has 3 atom stereocenters. The summed E-state index contributed by atoms with van der Waals surface area (Å²) in [4.78, 5) is 39.7. The first kappa shape index (κ1) is 26.5. The fraction of sp³-hybridized carbons (Fsp3) is 0.545. The summed E-state index contributed by atoms with van der Waals surface area (Å²) in [5.74, 6) is 0.647. The lowest BCUT2D eigenvalue weighted by molar-refractivity contribution is -0.136. The Labute approximate surface area is 217 Å². The van der Waals surface area contributed by atoms with E-state index in [1.165, 1.54) is 5.57 Å². The van der Waals surface area contributed by atoms with Gasteiger partial charge in [0.25, 0.3) is 0 Å². The highest BCUT2D eigenvalue weighted by atomic mass is 16.2. The number of aryl methyl sites for hydroxylation is 1. The van der Waals surface area contributed by atoms with E-state index in [1.807, 2.05) is 39.8 Å². The third kappa shape index (κ3) is 5.41. The zero-order valence-corrected chi connectivity index (χ0v) is 22.9. The Kier molecular flexibility index (Phi) is 7.97. The summed E-state index contributed by atoms with van der Waals surface area (Å²) in [6.07, 6.45) is 15.2. The van der Waals surface area contributed by atoms with Crippen molar-refractivity contribution in [3.63, 3.8) is 0 Å². The molecular weight excluding hydrogens is 444 g/mol. The highest BCUT2D eigenvalue weighted by Gasteiger charge is 2.34. The van der Waals surface area contributed by atoms with Crippen LogP contribution < -0.4 is 0 Å². The summed E-state index contributed by atoms with van der Waals surface area (Å²) >= 11 is 0. The lowest BCUT2D eigenvalue weighted by Gasteiger charge is -2.29. The molecule has 3 nitrogen and oxygen atoms in total. The molecule has 0 amide bonds. The van der Waals surface area contributed by atoms with Crippen molar-refractivity contribution in [2.24, 2.45) is 29.6 Å². The fourth-order valence-electron chi connectivity index (χ4n) is 5.98. The minimum Gasteiger partial charge on any atom is -0.294 e. The molecule has 0 aromatic heterocycles. The molecule has 1 aromatic carbocycles. The summed E-state index contributed by atoms with van der Waals surface area (Å²) in [6.45, 7) is 12.1. The van der Waals surface area contributed by atoms with Gasteiger partial charge in [-0.1, -0.05) is 70.6 Å². The number of rotatable bonds is 8. The van der Waals surface area contributed by atoms with Gasteiger partial charge in [-0.05, 0) is 86.0 Å². The maximum absolute atomic E-state index is 13.6. The molecule has 3 heteroatoms. The summed E-state index contributed by atoms with van der Waals surface area (Å²) in [7, 11) is 0. The number of ketones is 3. The normalized spacial score (nSPS) is 26.3. The van der Waals surface area contributed by atoms with Gasteiger partial charge < -0.3 is 0 Å². The van der Waals surface area contributed by atoms with Gasteiger partial charge in [0.1, 0.15) is 0 Å². The number of hydrogen-bond donors (Lipinski definition) is 0. The van der Waals surface area contributed by atoms with E-state index < -0.39 is 5.78 Å². The standard InChI is InChI=1S/C33H42O3/c1-19(2)23(6)31(34)33(36)30-16-21(4)27-15-22(5)28(18-29(27)30)32(35)26-13-11-25(12-14-26)17-24-9-7-20(3)8-10-24/h7,9-10,15-16,18-21,23,25-26H,8,11-14,17H2,1-6H3. The van der Waals surface area contributed by atoms with E-state index >= 15 is 0 Å². The van der Waals surface area contributed by atoms with E-state index in [1.54, 1.807) is 0 Å². The Bertz CT molecular complexity index is 1140. The largest absolute Gasteiger partial charge is 0.294 e.